The highest BCUT2D eigenvalue weighted by atomic mass is 16.8. The van der Waals surface area contributed by atoms with Gasteiger partial charge in [0.05, 0.1) is 6.61 Å². The van der Waals surface area contributed by atoms with E-state index in [0.29, 0.717) is 57.8 Å². The number of aliphatic hydroxyl groups is 8. The van der Waals surface area contributed by atoms with E-state index in [-0.39, 0.29) is 25.7 Å². The van der Waals surface area contributed by atoms with Gasteiger partial charge in [0.2, 0.25) is 11.9 Å². The van der Waals surface area contributed by atoms with E-state index >= 15 is 0 Å². The van der Waals surface area contributed by atoms with E-state index in [1.54, 1.807) is 0 Å². The Morgan fingerprint density at radius 3 is 1.62 bits per heavy atom. The summed E-state index contributed by atoms with van der Waals surface area (Å²) in [6, 6.07) is 0. The van der Waals surface area contributed by atoms with Crippen molar-refractivity contribution < 1.29 is 74.2 Å². The molecule has 0 saturated carbocycles. The minimum atomic E-state index is -3.42. The van der Waals surface area contributed by atoms with Gasteiger partial charge < -0.3 is 55.1 Å². The predicted octanol–water partition coefficient (Wildman–Crippen LogP) is 1.66. The molecule has 0 aromatic heterocycles. The van der Waals surface area contributed by atoms with Crippen LogP contribution in [-0.2, 0) is 33.4 Å². The maximum absolute atomic E-state index is 14.3. The summed E-state index contributed by atoms with van der Waals surface area (Å²) in [6.45, 7) is 6.57. The van der Waals surface area contributed by atoms with E-state index in [2.05, 4.69) is 0 Å². The van der Waals surface area contributed by atoms with E-state index in [4.69, 9.17) is 14.2 Å². The molecule has 0 spiro atoms. The third kappa shape index (κ3) is 12.8. The number of rotatable bonds is 29. The molecule has 1 fully saturated rings. The van der Waals surface area contributed by atoms with Crippen LogP contribution in [0.5, 0.6) is 0 Å². The molecule has 0 radical (unpaired) electrons. The molecule has 52 heavy (non-hydrogen) atoms. The Morgan fingerprint density at radius 2 is 1.10 bits per heavy atom. The zero-order valence-corrected chi connectivity index (χ0v) is 31.5. The summed E-state index contributed by atoms with van der Waals surface area (Å²) >= 11 is 0. The topological polar surface area (TPSA) is 258 Å². The van der Waals surface area contributed by atoms with Crippen molar-refractivity contribution in [2.75, 3.05) is 6.61 Å². The molecule has 8 N–H and O–H groups in total. The summed E-state index contributed by atoms with van der Waals surface area (Å²) in [5, 5.41) is 87.3. The Balaban J connectivity index is 3.96. The van der Waals surface area contributed by atoms with Gasteiger partial charge in [-0.15, -0.1) is 0 Å². The lowest BCUT2D eigenvalue weighted by molar-refractivity contribution is -0.378. The van der Waals surface area contributed by atoms with Crippen LogP contribution in [0.2, 0.25) is 0 Å². The van der Waals surface area contributed by atoms with Gasteiger partial charge >= 0.3 is 5.97 Å². The van der Waals surface area contributed by atoms with Gasteiger partial charge in [-0.2, -0.15) is 0 Å². The number of esters is 1. The first kappa shape index (κ1) is 48.1. The van der Waals surface area contributed by atoms with Gasteiger partial charge in [-0.3, -0.25) is 19.2 Å². The van der Waals surface area contributed by atoms with Crippen LogP contribution >= 0.6 is 0 Å². The van der Waals surface area contributed by atoms with Gasteiger partial charge in [0.15, 0.2) is 35.3 Å². The highest BCUT2D eigenvalue weighted by molar-refractivity contribution is 6.01. The minimum Gasteiger partial charge on any atom is -0.453 e. The Labute approximate surface area is 307 Å². The zero-order valence-electron chi connectivity index (χ0n) is 31.5. The summed E-state index contributed by atoms with van der Waals surface area (Å²) in [6.07, 6.45) is -12.0. The molecule has 0 aromatic rings. The number of aliphatic hydroxyl groups excluding tert-OH is 6. The molecule has 1 aliphatic heterocycles. The smallest absolute Gasteiger partial charge is 0.306 e. The summed E-state index contributed by atoms with van der Waals surface area (Å²) < 4.78 is 16.9. The molecule has 10 atom stereocenters. The van der Waals surface area contributed by atoms with Crippen molar-refractivity contribution >= 4 is 23.3 Å². The minimum absolute atomic E-state index is 0.165. The lowest BCUT2D eigenvalue weighted by Crippen LogP contribution is -2.82. The van der Waals surface area contributed by atoms with E-state index in [1.807, 2.05) is 27.7 Å². The van der Waals surface area contributed by atoms with Crippen molar-refractivity contribution in [2.24, 2.45) is 0 Å². The van der Waals surface area contributed by atoms with Crippen molar-refractivity contribution in [2.45, 2.75) is 204 Å². The molecule has 1 heterocycles. The SMILES string of the molecule is CCCCCCCC(=O)O[C@@H]1[C@H](OC(O)[C@H](O)[C@H](O)[C@@H](O)CO)O[C@H](C(O)C(=O)CCCCC)[C@](O)(C(=O)CCCCC)[C@@]1(O)C(=O)CCCCC. The first-order valence-electron chi connectivity index (χ1n) is 19.2. The number of carbonyl (C=O) groups excluding carboxylic acids is 4. The van der Waals surface area contributed by atoms with Gasteiger partial charge in [-0.25, -0.2) is 0 Å². The van der Waals surface area contributed by atoms with Gasteiger partial charge in [0.25, 0.3) is 0 Å². The van der Waals surface area contributed by atoms with Gasteiger partial charge in [-0.1, -0.05) is 91.9 Å². The van der Waals surface area contributed by atoms with Crippen molar-refractivity contribution in [1.82, 2.24) is 0 Å². The number of Topliss-reactive ketones (excluding diaryl/α,β-unsaturated/α-hetero) is 3. The number of hydrogen-bond acceptors (Lipinski definition) is 15. The molecule has 0 amide bonds. The Morgan fingerprint density at radius 1 is 0.635 bits per heavy atom. The molecule has 1 rings (SSSR count). The van der Waals surface area contributed by atoms with E-state index in [1.165, 1.54) is 0 Å². The maximum Gasteiger partial charge on any atom is 0.306 e. The van der Waals surface area contributed by atoms with Crippen molar-refractivity contribution in [3.63, 3.8) is 0 Å². The fourth-order valence-corrected chi connectivity index (χ4v) is 6.35. The Bertz CT molecular complexity index is 1070. The molecule has 15 nitrogen and oxygen atoms in total. The van der Waals surface area contributed by atoms with Crippen LogP contribution in [0.4, 0.5) is 0 Å². The molecule has 304 valence electrons. The average Bonchev–Trinajstić information content (AvgIpc) is 3.13. The number of unbranched alkanes of at least 4 members (excludes halogenated alkanes) is 10. The molecular formula is C37H66O15. The highest BCUT2D eigenvalue weighted by Gasteiger charge is 2.74. The second kappa shape index (κ2) is 24.5. The number of ether oxygens (including phenoxy) is 3. The first-order chi connectivity index (χ1) is 24.6. The molecule has 0 aliphatic carbocycles. The lowest BCUT2D eigenvalue weighted by atomic mass is 9.64. The van der Waals surface area contributed by atoms with Gasteiger partial charge in [0.1, 0.15) is 30.5 Å². The largest absolute Gasteiger partial charge is 0.453 e. The third-order valence-corrected chi connectivity index (χ3v) is 9.68. The van der Waals surface area contributed by atoms with Crippen LogP contribution in [-0.4, -0.2) is 131 Å². The summed E-state index contributed by atoms with van der Waals surface area (Å²) in [5.41, 5.74) is -6.81. The normalized spacial score (nSPS) is 26.3. The monoisotopic (exact) mass is 750 g/mol. The van der Waals surface area contributed by atoms with Crippen LogP contribution in [0.15, 0.2) is 0 Å². The molecule has 1 aliphatic rings. The fourth-order valence-electron chi connectivity index (χ4n) is 6.35. The molecule has 1 saturated heterocycles. The second-order valence-electron chi connectivity index (χ2n) is 13.9. The van der Waals surface area contributed by atoms with E-state index in [9.17, 15) is 60.0 Å². The van der Waals surface area contributed by atoms with Crippen molar-refractivity contribution in [3.05, 3.63) is 0 Å². The van der Waals surface area contributed by atoms with Crippen molar-refractivity contribution in [1.29, 1.82) is 0 Å². The van der Waals surface area contributed by atoms with E-state index in [0.717, 1.165) is 19.3 Å². The third-order valence-electron chi connectivity index (χ3n) is 9.68. The average molecular weight is 751 g/mol. The van der Waals surface area contributed by atoms with Crippen LogP contribution in [0.3, 0.4) is 0 Å². The quantitative estimate of drug-likeness (QED) is 0.0307. The first-order valence-corrected chi connectivity index (χ1v) is 19.2. The zero-order chi connectivity index (χ0) is 39.5. The number of ketones is 3. The Hall–Kier alpha value is -1.92. The second-order valence-corrected chi connectivity index (χ2v) is 13.9. The number of hydrogen-bond donors (Lipinski definition) is 8. The fraction of sp³-hybridized carbons (Fsp3) is 0.892. The van der Waals surface area contributed by atoms with Crippen LogP contribution in [0, 0.1) is 0 Å². The molecule has 0 bridgehead atoms. The summed E-state index contributed by atoms with van der Waals surface area (Å²) in [7, 11) is 0. The summed E-state index contributed by atoms with van der Waals surface area (Å²) in [5.74, 6) is -4.26. The summed E-state index contributed by atoms with van der Waals surface area (Å²) in [4.78, 5) is 55.1. The lowest BCUT2D eigenvalue weighted by Gasteiger charge is -2.55. The van der Waals surface area contributed by atoms with E-state index < -0.39 is 103 Å². The van der Waals surface area contributed by atoms with Crippen molar-refractivity contribution in [3.8, 4) is 0 Å². The number of carbonyl (C=O) groups is 4. The highest BCUT2D eigenvalue weighted by Crippen LogP contribution is 2.45. The molecule has 0 aromatic carbocycles. The standard InChI is InChI=1S/C37H66O15/c1-5-9-13-14-18-22-28(43)50-33-35(52-34(47)31(46)29(44)25(40)23-38)51-32(30(45)24(39)19-15-10-6-2)36(48,26(41)20-16-11-7-3)37(33,49)27(42)21-17-12-8-4/h25,29-35,38,40,44-49H,5-23H2,1-4H3/t25-,29+,30?,31+,32+,33+,34?,35-,36+,37+/m0/s1. The molecular weight excluding hydrogens is 684 g/mol. The van der Waals surface area contributed by atoms with Crippen LogP contribution < -0.4 is 0 Å². The molecule has 15 heteroatoms. The molecule has 2 unspecified atom stereocenters. The van der Waals surface area contributed by atoms with Gasteiger partial charge in [0, 0.05) is 25.7 Å². The maximum atomic E-state index is 14.3. The van der Waals surface area contributed by atoms with Crippen LogP contribution in [0.1, 0.15) is 143 Å². The van der Waals surface area contributed by atoms with Crippen LogP contribution in [0.25, 0.3) is 0 Å². The Kier molecular flexibility index (Phi) is 22.6. The van der Waals surface area contributed by atoms with Gasteiger partial charge in [-0.05, 0) is 25.7 Å². The predicted molar refractivity (Wildman–Crippen MR) is 187 cm³/mol.